The lowest BCUT2D eigenvalue weighted by atomic mass is 9.96. The molecule has 19 heavy (non-hydrogen) atoms. The number of hydrogen-bond acceptors (Lipinski definition) is 6. The minimum atomic E-state index is -0.385. The van der Waals surface area contributed by atoms with Crippen molar-refractivity contribution in [3.63, 3.8) is 0 Å². The molecule has 0 radical (unpaired) electrons. The molecule has 2 aliphatic rings. The maximum absolute atomic E-state index is 8.99. The van der Waals surface area contributed by atoms with E-state index >= 15 is 0 Å². The molecule has 1 aromatic rings. The van der Waals surface area contributed by atoms with E-state index in [-0.39, 0.29) is 6.10 Å². The zero-order valence-corrected chi connectivity index (χ0v) is 10.8. The Labute approximate surface area is 112 Å². The largest absolute Gasteiger partial charge is 0.368 e. The molecule has 1 unspecified atom stereocenters. The Kier molecular flexibility index (Phi) is 3.22. The van der Waals surface area contributed by atoms with Gasteiger partial charge in [-0.25, -0.2) is 4.98 Å². The van der Waals surface area contributed by atoms with Crippen molar-refractivity contribution in [3.05, 3.63) is 11.3 Å². The molecular formula is C13H17N5O. The zero-order valence-electron chi connectivity index (χ0n) is 10.8. The first kappa shape index (κ1) is 12.2. The van der Waals surface area contributed by atoms with Crippen molar-refractivity contribution in [1.29, 1.82) is 5.26 Å². The number of nitrogens with two attached hydrogens (primary N) is 1. The number of anilines is 2. The van der Waals surface area contributed by atoms with Crippen LogP contribution in [0.1, 0.15) is 24.1 Å². The Hall–Kier alpha value is -1.87. The molecule has 0 aromatic carbocycles. The van der Waals surface area contributed by atoms with Gasteiger partial charge in [-0.3, -0.25) is 0 Å². The quantitative estimate of drug-likeness (QED) is 0.797. The number of ether oxygens (including phenoxy) is 1. The van der Waals surface area contributed by atoms with E-state index in [0.29, 0.717) is 19.1 Å². The van der Waals surface area contributed by atoms with Gasteiger partial charge >= 0.3 is 0 Å². The summed E-state index contributed by atoms with van der Waals surface area (Å²) in [5.74, 6) is 1.24. The first-order valence-corrected chi connectivity index (χ1v) is 6.69. The van der Waals surface area contributed by atoms with E-state index in [1.807, 2.05) is 0 Å². The molecule has 1 aliphatic heterocycles. The summed E-state index contributed by atoms with van der Waals surface area (Å²) in [5, 5.41) is 8.99. The van der Waals surface area contributed by atoms with Crippen molar-refractivity contribution < 1.29 is 4.74 Å². The summed E-state index contributed by atoms with van der Waals surface area (Å²) in [6.07, 6.45) is 3.91. The molecule has 1 atom stereocenters. The van der Waals surface area contributed by atoms with Crippen LogP contribution in [0.4, 0.5) is 11.8 Å². The van der Waals surface area contributed by atoms with Gasteiger partial charge in [0.25, 0.3) is 0 Å². The van der Waals surface area contributed by atoms with Gasteiger partial charge in [0.1, 0.15) is 5.82 Å². The smallest absolute Gasteiger partial charge is 0.222 e. The summed E-state index contributed by atoms with van der Waals surface area (Å²) in [6.45, 7) is 1.86. The Morgan fingerprint density at radius 2 is 2.16 bits per heavy atom. The SMILES string of the molecule is N#CC1CN(c2nc(N)nc3c2CCCC3)CCO1. The number of hydrogen-bond donors (Lipinski definition) is 1. The molecule has 2 N–H and O–H groups in total. The van der Waals surface area contributed by atoms with Gasteiger partial charge in [-0.1, -0.05) is 0 Å². The van der Waals surface area contributed by atoms with E-state index in [4.69, 9.17) is 15.7 Å². The third kappa shape index (κ3) is 2.34. The van der Waals surface area contributed by atoms with Crippen LogP contribution in [0.2, 0.25) is 0 Å². The van der Waals surface area contributed by atoms with E-state index in [2.05, 4.69) is 20.9 Å². The molecule has 0 amide bonds. The van der Waals surface area contributed by atoms with Gasteiger partial charge in [0, 0.05) is 12.1 Å². The molecule has 100 valence electrons. The van der Waals surface area contributed by atoms with E-state index in [1.54, 1.807) is 0 Å². The molecule has 3 rings (SSSR count). The maximum atomic E-state index is 8.99. The summed E-state index contributed by atoms with van der Waals surface area (Å²) in [5.41, 5.74) is 8.10. The predicted molar refractivity (Wildman–Crippen MR) is 70.7 cm³/mol. The monoisotopic (exact) mass is 259 g/mol. The van der Waals surface area contributed by atoms with E-state index in [9.17, 15) is 0 Å². The van der Waals surface area contributed by atoms with E-state index in [1.165, 1.54) is 12.0 Å². The minimum absolute atomic E-state index is 0.329. The van der Waals surface area contributed by atoms with Gasteiger partial charge in [0.05, 0.1) is 24.9 Å². The lowest BCUT2D eigenvalue weighted by Gasteiger charge is -2.33. The lowest BCUT2D eigenvalue weighted by Crippen LogP contribution is -2.43. The van der Waals surface area contributed by atoms with Crippen LogP contribution < -0.4 is 10.6 Å². The van der Waals surface area contributed by atoms with Crippen LogP contribution in [0.3, 0.4) is 0 Å². The predicted octanol–water partition coefficient (Wildman–Crippen LogP) is 0.666. The van der Waals surface area contributed by atoms with Gasteiger partial charge in [-0.2, -0.15) is 10.2 Å². The van der Waals surface area contributed by atoms with Crippen molar-refractivity contribution in [2.75, 3.05) is 30.3 Å². The average molecular weight is 259 g/mol. The normalized spacial score (nSPS) is 22.7. The van der Waals surface area contributed by atoms with Crippen LogP contribution in [0.5, 0.6) is 0 Å². The summed E-state index contributed by atoms with van der Waals surface area (Å²) >= 11 is 0. The molecule has 1 aliphatic carbocycles. The number of nitriles is 1. The minimum Gasteiger partial charge on any atom is -0.368 e. The highest BCUT2D eigenvalue weighted by molar-refractivity contribution is 5.53. The van der Waals surface area contributed by atoms with Crippen LogP contribution >= 0.6 is 0 Å². The second-order valence-corrected chi connectivity index (χ2v) is 4.97. The second kappa shape index (κ2) is 5.02. The van der Waals surface area contributed by atoms with Gasteiger partial charge in [-0.05, 0) is 25.7 Å². The number of aromatic nitrogens is 2. The van der Waals surface area contributed by atoms with Crippen LogP contribution in [0.25, 0.3) is 0 Å². The molecule has 0 saturated carbocycles. The van der Waals surface area contributed by atoms with Crippen molar-refractivity contribution in [2.45, 2.75) is 31.8 Å². The Morgan fingerprint density at radius 1 is 1.32 bits per heavy atom. The van der Waals surface area contributed by atoms with Gasteiger partial charge in [0.2, 0.25) is 5.95 Å². The molecule has 0 bridgehead atoms. The van der Waals surface area contributed by atoms with Gasteiger partial charge < -0.3 is 15.4 Å². The zero-order chi connectivity index (χ0) is 13.2. The van der Waals surface area contributed by atoms with Crippen molar-refractivity contribution in [2.24, 2.45) is 0 Å². The number of nitrogen functional groups attached to an aromatic ring is 1. The van der Waals surface area contributed by atoms with Crippen LogP contribution in [0.15, 0.2) is 0 Å². The van der Waals surface area contributed by atoms with Crippen molar-refractivity contribution in [3.8, 4) is 6.07 Å². The van der Waals surface area contributed by atoms with Crippen molar-refractivity contribution >= 4 is 11.8 Å². The third-order valence-corrected chi connectivity index (χ3v) is 3.69. The van der Waals surface area contributed by atoms with Crippen LogP contribution in [-0.4, -0.2) is 35.8 Å². The fraction of sp³-hybridized carbons (Fsp3) is 0.615. The first-order valence-electron chi connectivity index (χ1n) is 6.69. The maximum Gasteiger partial charge on any atom is 0.222 e. The summed E-state index contributed by atoms with van der Waals surface area (Å²) < 4.78 is 5.38. The molecule has 2 heterocycles. The number of rotatable bonds is 1. The molecule has 1 saturated heterocycles. The van der Waals surface area contributed by atoms with Gasteiger partial charge in [0.15, 0.2) is 6.10 Å². The Morgan fingerprint density at radius 3 is 3.00 bits per heavy atom. The molecular weight excluding hydrogens is 242 g/mol. The number of nitrogens with zero attached hydrogens (tertiary/aromatic N) is 4. The van der Waals surface area contributed by atoms with Crippen molar-refractivity contribution in [1.82, 2.24) is 9.97 Å². The Bertz CT molecular complexity index is 525. The average Bonchev–Trinajstić information content (AvgIpc) is 2.46. The fourth-order valence-electron chi connectivity index (χ4n) is 2.77. The van der Waals surface area contributed by atoms with Crippen LogP contribution in [0, 0.1) is 11.3 Å². The summed E-state index contributed by atoms with van der Waals surface area (Å²) in [4.78, 5) is 10.9. The number of aryl methyl sites for hydroxylation is 1. The third-order valence-electron chi connectivity index (χ3n) is 3.69. The molecule has 6 nitrogen and oxygen atoms in total. The number of fused-ring (bicyclic) bond motifs is 1. The molecule has 0 spiro atoms. The summed E-state index contributed by atoms with van der Waals surface area (Å²) in [6, 6.07) is 2.16. The topological polar surface area (TPSA) is 88.1 Å². The standard InChI is InChI=1S/C13H17N5O/c14-7-9-8-18(5-6-19-9)12-10-3-1-2-4-11(10)16-13(15)17-12/h9H,1-6,8H2,(H2,15,16,17). The van der Waals surface area contributed by atoms with Gasteiger partial charge in [-0.15, -0.1) is 0 Å². The van der Waals surface area contributed by atoms with E-state index in [0.717, 1.165) is 37.3 Å². The highest BCUT2D eigenvalue weighted by Crippen LogP contribution is 2.29. The molecule has 1 aromatic heterocycles. The van der Waals surface area contributed by atoms with E-state index < -0.39 is 0 Å². The van der Waals surface area contributed by atoms with Crippen LogP contribution in [-0.2, 0) is 17.6 Å². The Balaban J connectivity index is 1.95. The highest BCUT2D eigenvalue weighted by atomic mass is 16.5. The first-order chi connectivity index (χ1) is 9.28. The second-order valence-electron chi connectivity index (χ2n) is 4.97. The number of morpholine rings is 1. The summed E-state index contributed by atoms with van der Waals surface area (Å²) in [7, 11) is 0. The highest BCUT2D eigenvalue weighted by Gasteiger charge is 2.26. The lowest BCUT2D eigenvalue weighted by molar-refractivity contribution is 0.0760. The fourth-order valence-corrected chi connectivity index (χ4v) is 2.77. The molecule has 1 fully saturated rings. The molecule has 6 heteroatoms.